The standard InChI is InChI=1S/C21H25N5O/c1-14-7-6-8-15(11-14)12-26(2)13-17-19(20(22)25-21(23)24-17)16-9-4-5-10-18(16)27-3/h4-11H,12-13H2,1-3H3,(H4,22,23,24,25). The Morgan fingerprint density at radius 3 is 2.52 bits per heavy atom. The first-order valence-corrected chi connectivity index (χ1v) is 8.77. The third kappa shape index (κ3) is 4.35. The predicted octanol–water partition coefficient (Wildman–Crippen LogP) is 3.26. The van der Waals surface area contributed by atoms with Crippen molar-refractivity contribution in [3.05, 3.63) is 65.4 Å². The third-order valence-corrected chi connectivity index (χ3v) is 4.36. The molecule has 0 unspecified atom stereocenters. The van der Waals surface area contributed by atoms with Gasteiger partial charge in [0.15, 0.2) is 0 Å². The van der Waals surface area contributed by atoms with Gasteiger partial charge in [-0.2, -0.15) is 4.98 Å². The molecule has 4 N–H and O–H groups in total. The Hall–Kier alpha value is -3.12. The van der Waals surface area contributed by atoms with Crippen molar-refractivity contribution in [1.82, 2.24) is 14.9 Å². The van der Waals surface area contributed by atoms with Crippen LogP contribution in [0.2, 0.25) is 0 Å². The number of anilines is 2. The molecule has 27 heavy (non-hydrogen) atoms. The minimum absolute atomic E-state index is 0.171. The Balaban J connectivity index is 1.95. The van der Waals surface area contributed by atoms with E-state index in [1.807, 2.05) is 31.3 Å². The number of para-hydroxylation sites is 1. The predicted molar refractivity (Wildman–Crippen MR) is 109 cm³/mol. The molecule has 6 nitrogen and oxygen atoms in total. The minimum Gasteiger partial charge on any atom is -0.496 e. The molecule has 6 heteroatoms. The quantitative estimate of drug-likeness (QED) is 0.699. The van der Waals surface area contributed by atoms with Gasteiger partial charge in [0.05, 0.1) is 18.4 Å². The average molecular weight is 363 g/mol. The van der Waals surface area contributed by atoms with E-state index in [1.165, 1.54) is 11.1 Å². The number of aromatic nitrogens is 2. The highest BCUT2D eigenvalue weighted by Crippen LogP contribution is 2.35. The molecule has 1 aromatic heterocycles. The Labute approximate surface area is 159 Å². The lowest BCUT2D eigenvalue weighted by molar-refractivity contribution is 0.315. The van der Waals surface area contributed by atoms with Gasteiger partial charge in [0.1, 0.15) is 11.6 Å². The number of nitrogens with zero attached hydrogens (tertiary/aromatic N) is 3. The maximum atomic E-state index is 6.22. The molecular weight excluding hydrogens is 338 g/mol. The number of ether oxygens (including phenoxy) is 1. The zero-order chi connectivity index (χ0) is 19.4. The monoisotopic (exact) mass is 363 g/mol. The number of hydrogen-bond donors (Lipinski definition) is 2. The lowest BCUT2D eigenvalue weighted by Gasteiger charge is -2.20. The number of nitrogens with two attached hydrogens (primary N) is 2. The molecule has 0 aliphatic heterocycles. The van der Waals surface area contributed by atoms with Crippen molar-refractivity contribution in [2.45, 2.75) is 20.0 Å². The van der Waals surface area contributed by atoms with Gasteiger partial charge in [-0.25, -0.2) is 4.98 Å². The number of benzene rings is 2. The van der Waals surface area contributed by atoms with Crippen LogP contribution in [-0.2, 0) is 13.1 Å². The maximum absolute atomic E-state index is 6.22. The Morgan fingerprint density at radius 1 is 1.00 bits per heavy atom. The fraction of sp³-hybridized carbons (Fsp3) is 0.238. The van der Waals surface area contributed by atoms with Gasteiger partial charge < -0.3 is 16.2 Å². The van der Waals surface area contributed by atoms with Crippen LogP contribution in [-0.4, -0.2) is 29.0 Å². The molecule has 0 bridgehead atoms. The van der Waals surface area contributed by atoms with Crippen LogP contribution in [0.25, 0.3) is 11.1 Å². The van der Waals surface area contributed by atoms with Crippen molar-refractivity contribution in [1.29, 1.82) is 0 Å². The Morgan fingerprint density at radius 2 is 1.78 bits per heavy atom. The minimum atomic E-state index is 0.171. The molecule has 3 rings (SSSR count). The molecule has 0 radical (unpaired) electrons. The van der Waals surface area contributed by atoms with Gasteiger partial charge in [-0.15, -0.1) is 0 Å². The lowest BCUT2D eigenvalue weighted by atomic mass is 10.0. The number of hydrogen-bond acceptors (Lipinski definition) is 6. The molecule has 0 spiro atoms. The van der Waals surface area contributed by atoms with Crippen molar-refractivity contribution in [3.63, 3.8) is 0 Å². The Bertz CT molecular complexity index is 942. The van der Waals surface area contributed by atoms with E-state index in [2.05, 4.69) is 46.1 Å². The van der Waals surface area contributed by atoms with E-state index in [0.29, 0.717) is 12.4 Å². The summed E-state index contributed by atoms with van der Waals surface area (Å²) in [6.07, 6.45) is 0. The van der Waals surface area contributed by atoms with Gasteiger partial charge in [0.25, 0.3) is 0 Å². The summed E-state index contributed by atoms with van der Waals surface area (Å²) in [5.74, 6) is 1.25. The SMILES string of the molecule is COc1ccccc1-c1c(N)nc(N)nc1CN(C)Cc1cccc(C)c1. The van der Waals surface area contributed by atoms with Crippen LogP contribution in [0.1, 0.15) is 16.8 Å². The normalized spacial score (nSPS) is 11.0. The molecule has 0 amide bonds. The molecule has 3 aromatic rings. The Kier molecular flexibility index (Phi) is 5.57. The van der Waals surface area contributed by atoms with Gasteiger partial charge in [0, 0.05) is 18.7 Å². The van der Waals surface area contributed by atoms with Crippen LogP contribution in [0.3, 0.4) is 0 Å². The van der Waals surface area contributed by atoms with E-state index in [1.54, 1.807) is 7.11 Å². The van der Waals surface area contributed by atoms with E-state index < -0.39 is 0 Å². The summed E-state index contributed by atoms with van der Waals surface area (Å²) < 4.78 is 5.50. The highest BCUT2D eigenvalue weighted by atomic mass is 16.5. The average Bonchev–Trinajstić information content (AvgIpc) is 2.61. The molecule has 2 aromatic carbocycles. The van der Waals surface area contributed by atoms with Crippen molar-refractivity contribution in [2.24, 2.45) is 0 Å². The number of methoxy groups -OCH3 is 1. The summed E-state index contributed by atoms with van der Waals surface area (Å²) in [6.45, 7) is 3.46. The van der Waals surface area contributed by atoms with Crippen molar-refractivity contribution in [3.8, 4) is 16.9 Å². The second-order valence-corrected chi connectivity index (χ2v) is 6.65. The number of rotatable bonds is 6. The summed E-state index contributed by atoms with van der Waals surface area (Å²) in [5, 5.41) is 0. The highest BCUT2D eigenvalue weighted by molar-refractivity contribution is 5.80. The van der Waals surface area contributed by atoms with Gasteiger partial charge in [-0.05, 0) is 25.6 Å². The van der Waals surface area contributed by atoms with Gasteiger partial charge in [-0.3, -0.25) is 4.90 Å². The molecule has 140 valence electrons. The molecule has 0 saturated carbocycles. The zero-order valence-electron chi connectivity index (χ0n) is 15.9. The van der Waals surface area contributed by atoms with E-state index in [4.69, 9.17) is 16.2 Å². The molecule has 0 atom stereocenters. The molecule has 0 aliphatic rings. The van der Waals surface area contributed by atoms with E-state index >= 15 is 0 Å². The summed E-state index contributed by atoms with van der Waals surface area (Å²) in [6, 6.07) is 16.2. The van der Waals surface area contributed by atoms with Crippen LogP contribution in [0.15, 0.2) is 48.5 Å². The third-order valence-electron chi connectivity index (χ3n) is 4.36. The van der Waals surface area contributed by atoms with E-state index in [9.17, 15) is 0 Å². The zero-order valence-corrected chi connectivity index (χ0v) is 15.9. The topological polar surface area (TPSA) is 90.3 Å². The first kappa shape index (κ1) is 18.7. The molecule has 1 heterocycles. The second kappa shape index (κ2) is 8.05. The molecule has 0 saturated heterocycles. The smallest absolute Gasteiger partial charge is 0.222 e. The molecule has 0 fully saturated rings. The first-order chi connectivity index (χ1) is 13.0. The fourth-order valence-corrected chi connectivity index (χ4v) is 3.24. The van der Waals surface area contributed by atoms with Crippen LogP contribution in [0.5, 0.6) is 5.75 Å². The summed E-state index contributed by atoms with van der Waals surface area (Å²) in [4.78, 5) is 10.8. The van der Waals surface area contributed by atoms with E-state index in [0.717, 1.165) is 29.1 Å². The summed E-state index contributed by atoms with van der Waals surface area (Å²) in [5.41, 5.74) is 17.0. The van der Waals surface area contributed by atoms with Gasteiger partial charge in [0.2, 0.25) is 5.95 Å². The van der Waals surface area contributed by atoms with Crippen molar-refractivity contribution in [2.75, 3.05) is 25.6 Å². The molecule has 0 aliphatic carbocycles. The summed E-state index contributed by atoms with van der Waals surface area (Å²) >= 11 is 0. The van der Waals surface area contributed by atoms with Crippen LogP contribution in [0, 0.1) is 6.92 Å². The number of aryl methyl sites for hydroxylation is 1. The summed E-state index contributed by atoms with van der Waals surface area (Å²) in [7, 11) is 3.68. The lowest BCUT2D eigenvalue weighted by Crippen LogP contribution is -2.20. The van der Waals surface area contributed by atoms with Gasteiger partial charge in [-0.1, -0.05) is 48.0 Å². The second-order valence-electron chi connectivity index (χ2n) is 6.65. The van der Waals surface area contributed by atoms with E-state index in [-0.39, 0.29) is 5.95 Å². The maximum Gasteiger partial charge on any atom is 0.222 e. The largest absolute Gasteiger partial charge is 0.496 e. The van der Waals surface area contributed by atoms with Gasteiger partial charge >= 0.3 is 0 Å². The fourth-order valence-electron chi connectivity index (χ4n) is 3.24. The number of nitrogen functional groups attached to an aromatic ring is 2. The van der Waals surface area contributed by atoms with Crippen LogP contribution in [0.4, 0.5) is 11.8 Å². The van der Waals surface area contributed by atoms with Crippen molar-refractivity contribution < 1.29 is 4.74 Å². The van der Waals surface area contributed by atoms with Crippen molar-refractivity contribution >= 4 is 11.8 Å². The van der Waals surface area contributed by atoms with Crippen LogP contribution >= 0.6 is 0 Å². The first-order valence-electron chi connectivity index (χ1n) is 8.77. The molecular formula is C21H25N5O. The van der Waals surface area contributed by atoms with Crippen LogP contribution < -0.4 is 16.2 Å². The highest BCUT2D eigenvalue weighted by Gasteiger charge is 2.18.